The number of ether oxygens (including phenoxy) is 2. The summed E-state index contributed by atoms with van der Waals surface area (Å²) in [5, 5.41) is 2.62. The number of hydrogen-bond donors (Lipinski definition) is 2. The number of primary amides is 1. The summed E-state index contributed by atoms with van der Waals surface area (Å²) in [7, 11) is 1.30. The van der Waals surface area contributed by atoms with Crippen molar-refractivity contribution in [3.05, 3.63) is 24.0 Å². The molecule has 0 spiro atoms. The van der Waals surface area contributed by atoms with Crippen molar-refractivity contribution < 1.29 is 32.2 Å². The van der Waals surface area contributed by atoms with Crippen LogP contribution in [0.25, 0.3) is 10.9 Å². The van der Waals surface area contributed by atoms with E-state index < -0.39 is 36.4 Å². The Hall–Kier alpha value is -3.31. The number of alkyl halides is 3. The number of benzene rings is 1. The first kappa shape index (κ1) is 18.1. The Bertz CT molecular complexity index is 983. The van der Waals surface area contributed by atoms with Gasteiger partial charge in [-0.3, -0.25) is 4.79 Å². The maximum atomic E-state index is 13.8. The van der Waals surface area contributed by atoms with Crippen molar-refractivity contribution in [2.75, 3.05) is 18.6 Å². The maximum Gasteiger partial charge on any atom is 0.412 e. The Kier molecular flexibility index (Phi) is 3.94. The van der Waals surface area contributed by atoms with Crippen LogP contribution < -0.4 is 20.7 Å². The van der Waals surface area contributed by atoms with Crippen LogP contribution in [0.2, 0.25) is 0 Å². The minimum absolute atomic E-state index is 0.0195. The van der Waals surface area contributed by atoms with Gasteiger partial charge < -0.3 is 25.4 Å². The number of hydrogen-bond acceptors (Lipinski definition) is 7. The highest BCUT2D eigenvalue weighted by Gasteiger charge is 2.60. The third-order valence-corrected chi connectivity index (χ3v) is 4.79. The number of fused-ring (bicyclic) bond motifs is 2. The lowest BCUT2D eigenvalue weighted by molar-refractivity contribution is -0.161. The van der Waals surface area contributed by atoms with Gasteiger partial charge in [-0.2, -0.15) is 13.2 Å². The van der Waals surface area contributed by atoms with E-state index in [-0.39, 0.29) is 34.6 Å². The molecule has 28 heavy (non-hydrogen) atoms. The number of anilines is 1. The van der Waals surface area contributed by atoms with E-state index >= 15 is 0 Å². The van der Waals surface area contributed by atoms with Crippen LogP contribution in [0.15, 0.2) is 18.5 Å². The van der Waals surface area contributed by atoms with Crippen LogP contribution in [0.4, 0.5) is 23.8 Å². The zero-order valence-corrected chi connectivity index (χ0v) is 14.4. The molecule has 9 nitrogen and oxygen atoms in total. The van der Waals surface area contributed by atoms with Crippen molar-refractivity contribution in [1.29, 1.82) is 0 Å². The molecule has 2 fully saturated rings. The van der Waals surface area contributed by atoms with Gasteiger partial charge in [-0.1, -0.05) is 0 Å². The minimum atomic E-state index is -4.68. The molecule has 3 N–H and O–H groups in total. The Morgan fingerprint density at radius 3 is 2.79 bits per heavy atom. The summed E-state index contributed by atoms with van der Waals surface area (Å²) in [5.41, 5.74) is 5.58. The molecule has 0 saturated carbocycles. The molecule has 2 amide bonds. The fourth-order valence-electron chi connectivity index (χ4n) is 3.65. The summed E-state index contributed by atoms with van der Waals surface area (Å²) in [4.78, 5) is 32.0. The number of nitrogens with two attached hydrogens (primary N) is 1. The smallest absolute Gasteiger partial charge is 0.412 e. The van der Waals surface area contributed by atoms with Crippen LogP contribution in [0.3, 0.4) is 0 Å². The second-order valence-corrected chi connectivity index (χ2v) is 6.39. The minimum Gasteiger partial charge on any atom is -0.496 e. The fourth-order valence-corrected chi connectivity index (χ4v) is 3.65. The lowest BCUT2D eigenvalue weighted by Gasteiger charge is -2.30. The van der Waals surface area contributed by atoms with Crippen molar-refractivity contribution >= 4 is 28.7 Å². The molecule has 2 aliphatic rings. The number of carbonyl (C=O) groups is 2. The summed E-state index contributed by atoms with van der Waals surface area (Å²) >= 11 is 0. The second-order valence-electron chi connectivity index (χ2n) is 6.39. The number of aromatic nitrogens is 2. The molecule has 3 atom stereocenters. The van der Waals surface area contributed by atoms with E-state index in [1.54, 1.807) is 0 Å². The van der Waals surface area contributed by atoms with E-state index in [4.69, 9.17) is 15.2 Å². The van der Waals surface area contributed by atoms with Crippen LogP contribution >= 0.6 is 0 Å². The SMILES string of the molecule is COc1cc2c(N3C[C@H]4NC(=O)O[C@H]4C3C(F)(F)F)ncnc2cc1C(N)=O. The average molecular weight is 397 g/mol. The molecule has 0 aliphatic carbocycles. The number of methoxy groups -OCH3 is 1. The first-order valence-electron chi connectivity index (χ1n) is 8.13. The third-order valence-electron chi connectivity index (χ3n) is 4.79. The number of alkyl carbamates (subject to hydrolysis) is 1. The van der Waals surface area contributed by atoms with Gasteiger partial charge in [-0.25, -0.2) is 14.8 Å². The summed E-state index contributed by atoms with van der Waals surface area (Å²) < 4.78 is 51.3. The molecule has 3 heterocycles. The standard InChI is InChI=1S/C16H14F3N5O4/c1-27-10-3-6-8(2-7(10)13(20)25)21-5-22-14(6)24-4-9-11(28-15(26)23-9)12(24)16(17,18)19/h2-3,5,9,11-12H,4H2,1H3,(H2,20,25)(H,23,26)/t9-,11-,12?/m1/s1. The molecular formula is C16H14F3N5O4. The quantitative estimate of drug-likeness (QED) is 0.792. The van der Waals surface area contributed by atoms with Crippen molar-refractivity contribution in [2.45, 2.75) is 24.4 Å². The van der Waals surface area contributed by atoms with Crippen molar-refractivity contribution in [3.8, 4) is 5.75 Å². The third kappa shape index (κ3) is 2.72. The topological polar surface area (TPSA) is 120 Å². The summed E-state index contributed by atoms with van der Waals surface area (Å²) in [5.74, 6) is -0.698. The van der Waals surface area contributed by atoms with E-state index in [2.05, 4.69) is 15.3 Å². The molecule has 4 rings (SSSR count). The Labute approximate surface area is 155 Å². The summed E-state index contributed by atoms with van der Waals surface area (Å²) in [6.45, 7) is -0.160. The largest absolute Gasteiger partial charge is 0.496 e. The molecule has 1 aromatic heterocycles. The summed E-state index contributed by atoms with van der Waals surface area (Å²) in [6.07, 6.45) is -5.87. The predicted molar refractivity (Wildman–Crippen MR) is 89.0 cm³/mol. The molecular weight excluding hydrogens is 383 g/mol. The summed E-state index contributed by atoms with van der Waals surface area (Å²) in [6, 6.07) is -0.224. The highest BCUT2D eigenvalue weighted by atomic mass is 19.4. The van der Waals surface area contributed by atoms with Gasteiger partial charge in [0, 0.05) is 11.9 Å². The number of halogens is 3. The van der Waals surface area contributed by atoms with Gasteiger partial charge >= 0.3 is 12.3 Å². The van der Waals surface area contributed by atoms with Gasteiger partial charge in [0.25, 0.3) is 5.91 Å². The van der Waals surface area contributed by atoms with Crippen LogP contribution in [0.1, 0.15) is 10.4 Å². The molecule has 0 bridgehead atoms. The normalized spacial score (nSPS) is 24.1. The first-order valence-corrected chi connectivity index (χ1v) is 8.13. The van der Waals surface area contributed by atoms with E-state index in [9.17, 15) is 22.8 Å². The second kappa shape index (κ2) is 6.11. The fraction of sp³-hybridized carbons (Fsp3) is 0.375. The zero-order chi connectivity index (χ0) is 20.2. The van der Waals surface area contributed by atoms with Crippen molar-refractivity contribution in [2.24, 2.45) is 5.73 Å². The molecule has 12 heteroatoms. The van der Waals surface area contributed by atoms with Gasteiger partial charge in [0.2, 0.25) is 0 Å². The highest BCUT2D eigenvalue weighted by Crippen LogP contribution is 2.41. The van der Waals surface area contributed by atoms with Gasteiger partial charge in [-0.05, 0) is 12.1 Å². The average Bonchev–Trinajstić information content (AvgIpc) is 3.14. The van der Waals surface area contributed by atoms with Crippen molar-refractivity contribution in [3.63, 3.8) is 0 Å². The van der Waals surface area contributed by atoms with Gasteiger partial charge in [-0.15, -0.1) is 0 Å². The lowest BCUT2D eigenvalue weighted by atomic mass is 10.1. The maximum absolute atomic E-state index is 13.8. The van der Waals surface area contributed by atoms with Gasteiger partial charge in [0.05, 0.1) is 24.2 Å². The molecule has 1 aromatic carbocycles. The molecule has 2 aromatic rings. The van der Waals surface area contributed by atoms with Crippen LogP contribution in [0, 0.1) is 0 Å². The number of nitrogens with one attached hydrogen (secondary N) is 1. The Morgan fingerprint density at radius 2 is 2.14 bits per heavy atom. The van der Waals surface area contributed by atoms with E-state index in [1.807, 2.05) is 0 Å². The number of rotatable bonds is 3. The number of carbonyl (C=O) groups excluding carboxylic acids is 2. The molecule has 0 radical (unpaired) electrons. The lowest BCUT2D eigenvalue weighted by Crippen LogP contribution is -2.48. The molecule has 1 unspecified atom stereocenters. The van der Waals surface area contributed by atoms with Crippen LogP contribution in [0.5, 0.6) is 5.75 Å². The van der Waals surface area contributed by atoms with E-state index in [1.165, 1.54) is 19.2 Å². The number of amides is 2. The predicted octanol–water partition coefficient (Wildman–Crippen LogP) is 0.965. The highest BCUT2D eigenvalue weighted by molar-refractivity contribution is 6.02. The number of nitrogens with zero attached hydrogens (tertiary/aromatic N) is 3. The van der Waals surface area contributed by atoms with Gasteiger partial charge in [0.1, 0.15) is 17.9 Å². The van der Waals surface area contributed by atoms with Gasteiger partial charge in [0.15, 0.2) is 12.1 Å². The first-order chi connectivity index (χ1) is 13.2. The molecule has 2 saturated heterocycles. The zero-order valence-electron chi connectivity index (χ0n) is 14.4. The van der Waals surface area contributed by atoms with E-state index in [0.29, 0.717) is 0 Å². The monoisotopic (exact) mass is 397 g/mol. The van der Waals surface area contributed by atoms with Crippen LogP contribution in [-0.2, 0) is 4.74 Å². The van der Waals surface area contributed by atoms with Crippen molar-refractivity contribution in [1.82, 2.24) is 15.3 Å². The van der Waals surface area contributed by atoms with Crippen LogP contribution in [-0.4, -0.2) is 60.0 Å². The Morgan fingerprint density at radius 1 is 1.39 bits per heavy atom. The molecule has 2 aliphatic heterocycles. The molecule has 148 valence electrons. The Balaban J connectivity index is 1.86. The van der Waals surface area contributed by atoms with E-state index in [0.717, 1.165) is 11.2 Å².